The van der Waals surface area contributed by atoms with E-state index in [0.29, 0.717) is 36.0 Å². The molecule has 2 atom stereocenters. The van der Waals surface area contributed by atoms with E-state index in [-0.39, 0.29) is 17.7 Å². The summed E-state index contributed by atoms with van der Waals surface area (Å²) in [6.45, 7) is 2.20. The summed E-state index contributed by atoms with van der Waals surface area (Å²) in [6, 6.07) is 9.49. The number of furan rings is 1. The second kappa shape index (κ2) is 8.40. The van der Waals surface area contributed by atoms with Crippen molar-refractivity contribution in [2.45, 2.75) is 31.8 Å². The molecule has 2 unspecified atom stereocenters. The SMILES string of the molecule is COc1ccccc1-c1noc(C2CCCN2C(=O)C(C)NC(=O)c2ccco2)n1. The van der Waals surface area contributed by atoms with Crippen molar-refractivity contribution in [1.82, 2.24) is 20.4 Å². The summed E-state index contributed by atoms with van der Waals surface area (Å²) in [5.74, 6) is 0.916. The Bertz CT molecular complexity index is 1030. The Hall–Kier alpha value is -3.62. The average molecular weight is 410 g/mol. The number of aromatic nitrogens is 2. The molecule has 30 heavy (non-hydrogen) atoms. The van der Waals surface area contributed by atoms with Crippen LogP contribution in [-0.2, 0) is 4.79 Å². The summed E-state index contributed by atoms with van der Waals surface area (Å²) in [5.41, 5.74) is 0.713. The van der Waals surface area contributed by atoms with Gasteiger partial charge in [0, 0.05) is 6.54 Å². The van der Waals surface area contributed by atoms with Gasteiger partial charge in [0.05, 0.1) is 18.9 Å². The van der Waals surface area contributed by atoms with E-state index < -0.39 is 11.9 Å². The van der Waals surface area contributed by atoms with Crippen LogP contribution < -0.4 is 10.1 Å². The first-order valence-corrected chi connectivity index (χ1v) is 9.70. The minimum absolute atomic E-state index is 0.158. The van der Waals surface area contributed by atoms with E-state index in [0.717, 1.165) is 6.42 Å². The molecule has 1 N–H and O–H groups in total. The predicted molar refractivity (Wildman–Crippen MR) is 106 cm³/mol. The molecule has 1 fully saturated rings. The van der Waals surface area contributed by atoms with Gasteiger partial charge in [0.15, 0.2) is 5.76 Å². The zero-order chi connectivity index (χ0) is 21.1. The Labute approximate surface area is 173 Å². The number of amides is 2. The van der Waals surface area contributed by atoms with Crippen molar-refractivity contribution < 1.29 is 23.3 Å². The van der Waals surface area contributed by atoms with Gasteiger partial charge in [-0.2, -0.15) is 4.98 Å². The zero-order valence-corrected chi connectivity index (χ0v) is 16.7. The number of methoxy groups -OCH3 is 1. The Balaban J connectivity index is 1.49. The van der Waals surface area contributed by atoms with Crippen LogP contribution in [-0.4, -0.2) is 46.6 Å². The van der Waals surface area contributed by atoms with E-state index in [4.69, 9.17) is 13.7 Å². The molecule has 9 heteroatoms. The maximum Gasteiger partial charge on any atom is 0.287 e. The lowest BCUT2D eigenvalue weighted by atomic mass is 10.2. The van der Waals surface area contributed by atoms with E-state index >= 15 is 0 Å². The fraction of sp³-hybridized carbons (Fsp3) is 0.333. The predicted octanol–water partition coefficient (Wildman–Crippen LogP) is 2.82. The molecule has 9 nitrogen and oxygen atoms in total. The molecule has 1 aliphatic heterocycles. The van der Waals surface area contributed by atoms with Crippen molar-refractivity contribution >= 4 is 11.8 Å². The van der Waals surface area contributed by atoms with E-state index in [2.05, 4.69) is 15.5 Å². The molecule has 2 amide bonds. The van der Waals surface area contributed by atoms with Crippen LogP contribution >= 0.6 is 0 Å². The normalized spacial score (nSPS) is 17.0. The monoisotopic (exact) mass is 410 g/mol. The molecule has 2 aromatic heterocycles. The van der Waals surface area contributed by atoms with Gasteiger partial charge < -0.3 is 23.9 Å². The molecule has 0 radical (unpaired) electrons. The number of rotatable bonds is 6. The van der Waals surface area contributed by atoms with Crippen LogP contribution in [0.1, 0.15) is 42.3 Å². The van der Waals surface area contributed by atoms with Crippen molar-refractivity contribution in [3.63, 3.8) is 0 Å². The summed E-state index contributed by atoms with van der Waals surface area (Å²) in [5, 5.41) is 6.74. The minimum atomic E-state index is -0.722. The van der Waals surface area contributed by atoms with Gasteiger partial charge in [0.1, 0.15) is 17.8 Å². The number of para-hydroxylation sites is 1. The van der Waals surface area contributed by atoms with Gasteiger partial charge >= 0.3 is 0 Å². The molecule has 156 valence electrons. The smallest absolute Gasteiger partial charge is 0.287 e. The lowest BCUT2D eigenvalue weighted by Crippen LogP contribution is -2.46. The molecule has 3 aromatic rings. The van der Waals surface area contributed by atoms with Crippen molar-refractivity contribution in [2.24, 2.45) is 0 Å². The maximum absolute atomic E-state index is 13.0. The van der Waals surface area contributed by atoms with Gasteiger partial charge in [-0.1, -0.05) is 17.3 Å². The summed E-state index contributed by atoms with van der Waals surface area (Å²) in [4.78, 5) is 31.3. The lowest BCUT2D eigenvalue weighted by Gasteiger charge is -2.25. The highest BCUT2D eigenvalue weighted by atomic mass is 16.5. The number of ether oxygens (including phenoxy) is 1. The number of nitrogens with one attached hydrogen (secondary N) is 1. The van der Waals surface area contributed by atoms with E-state index in [1.807, 2.05) is 24.3 Å². The highest BCUT2D eigenvalue weighted by Crippen LogP contribution is 2.34. The molecule has 0 bridgehead atoms. The number of carbonyl (C=O) groups is 2. The Morgan fingerprint density at radius 1 is 1.27 bits per heavy atom. The molecule has 1 aliphatic rings. The van der Waals surface area contributed by atoms with Crippen LogP contribution in [0.25, 0.3) is 11.4 Å². The van der Waals surface area contributed by atoms with Crippen LogP contribution in [0.5, 0.6) is 5.75 Å². The average Bonchev–Trinajstić information content (AvgIpc) is 3.53. The Kier molecular flexibility index (Phi) is 5.51. The van der Waals surface area contributed by atoms with Gasteiger partial charge in [0.2, 0.25) is 17.6 Å². The fourth-order valence-corrected chi connectivity index (χ4v) is 3.58. The Morgan fingerprint density at radius 2 is 2.10 bits per heavy atom. The minimum Gasteiger partial charge on any atom is -0.496 e. The third-order valence-corrected chi connectivity index (χ3v) is 5.07. The zero-order valence-electron chi connectivity index (χ0n) is 16.7. The molecular weight excluding hydrogens is 388 g/mol. The molecule has 3 heterocycles. The highest BCUT2D eigenvalue weighted by molar-refractivity contribution is 5.95. The van der Waals surface area contributed by atoms with Crippen LogP contribution in [0.15, 0.2) is 51.6 Å². The van der Waals surface area contributed by atoms with Gasteiger partial charge in [-0.25, -0.2) is 0 Å². The van der Waals surface area contributed by atoms with E-state index in [1.165, 1.54) is 6.26 Å². The highest BCUT2D eigenvalue weighted by Gasteiger charge is 2.36. The number of carbonyl (C=O) groups excluding carboxylic acids is 2. The number of nitrogens with zero attached hydrogens (tertiary/aromatic N) is 3. The van der Waals surface area contributed by atoms with Crippen LogP contribution in [0, 0.1) is 0 Å². The Morgan fingerprint density at radius 3 is 2.87 bits per heavy atom. The summed E-state index contributed by atoms with van der Waals surface area (Å²) < 4.78 is 15.9. The van der Waals surface area contributed by atoms with Crippen molar-refractivity contribution in [2.75, 3.05) is 13.7 Å². The van der Waals surface area contributed by atoms with Crippen molar-refractivity contribution in [1.29, 1.82) is 0 Å². The molecule has 1 saturated heterocycles. The number of hydrogen-bond donors (Lipinski definition) is 1. The summed E-state index contributed by atoms with van der Waals surface area (Å²) >= 11 is 0. The first kappa shape index (κ1) is 19.7. The molecule has 0 aliphatic carbocycles. The van der Waals surface area contributed by atoms with Crippen LogP contribution in [0.4, 0.5) is 0 Å². The van der Waals surface area contributed by atoms with Crippen molar-refractivity contribution in [3.8, 4) is 17.1 Å². The lowest BCUT2D eigenvalue weighted by molar-refractivity contribution is -0.134. The fourth-order valence-electron chi connectivity index (χ4n) is 3.58. The molecular formula is C21H22N4O5. The summed E-state index contributed by atoms with van der Waals surface area (Å²) in [7, 11) is 1.58. The second-order valence-corrected chi connectivity index (χ2v) is 7.02. The molecule has 0 saturated carbocycles. The van der Waals surface area contributed by atoms with Crippen LogP contribution in [0.3, 0.4) is 0 Å². The van der Waals surface area contributed by atoms with Gasteiger partial charge in [-0.3, -0.25) is 9.59 Å². The van der Waals surface area contributed by atoms with Gasteiger partial charge in [0.25, 0.3) is 5.91 Å². The number of likely N-dealkylation sites (tertiary alicyclic amines) is 1. The molecule has 4 rings (SSSR count). The molecule has 0 spiro atoms. The van der Waals surface area contributed by atoms with E-state index in [9.17, 15) is 9.59 Å². The van der Waals surface area contributed by atoms with Crippen molar-refractivity contribution in [3.05, 3.63) is 54.3 Å². The van der Waals surface area contributed by atoms with Gasteiger partial charge in [-0.15, -0.1) is 0 Å². The summed E-state index contributed by atoms with van der Waals surface area (Å²) in [6.07, 6.45) is 2.92. The first-order valence-electron chi connectivity index (χ1n) is 9.70. The molecule has 1 aromatic carbocycles. The van der Waals surface area contributed by atoms with Gasteiger partial charge in [-0.05, 0) is 44.0 Å². The van der Waals surface area contributed by atoms with E-state index in [1.54, 1.807) is 31.1 Å². The second-order valence-electron chi connectivity index (χ2n) is 7.02. The third-order valence-electron chi connectivity index (χ3n) is 5.07. The number of hydrogen-bond acceptors (Lipinski definition) is 7. The number of benzene rings is 1. The third kappa shape index (κ3) is 3.78. The largest absolute Gasteiger partial charge is 0.496 e. The standard InChI is InChI=1S/C21H22N4O5/c1-13(22-19(26)17-10-6-12-29-17)21(27)25-11-5-8-15(25)20-23-18(24-30-20)14-7-3-4-9-16(14)28-2/h3-4,6-7,9-10,12-13,15H,5,8,11H2,1-2H3,(H,22,26). The topological polar surface area (TPSA) is 111 Å². The quantitative estimate of drug-likeness (QED) is 0.665. The maximum atomic E-state index is 13.0. The first-order chi connectivity index (χ1) is 14.6. The van der Waals surface area contributed by atoms with Crippen LogP contribution in [0.2, 0.25) is 0 Å².